The molecule has 1 N–H and O–H groups in total. The van der Waals surface area contributed by atoms with Gasteiger partial charge in [-0.25, -0.2) is 4.98 Å². The third-order valence-electron chi connectivity index (χ3n) is 4.46. The van der Waals surface area contributed by atoms with Gasteiger partial charge in [-0.3, -0.25) is 4.99 Å². The number of hydrogen-bond donors (Lipinski definition) is 1. The number of benzene rings is 1. The highest BCUT2D eigenvalue weighted by Crippen LogP contribution is 2.32. The van der Waals surface area contributed by atoms with Crippen molar-refractivity contribution in [2.75, 3.05) is 27.4 Å². The maximum Gasteiger partial charge on any atom is 0.231 e. The lowest BCUT2D eigenvalue weighted by molar-refractivity contribution is 0.174. The number of aryl methyl sites for hydroxylation is 2. The standard InChI is InChI=1S/C19H27N5O2/c1-15-21-9-11-24(15)10-5-4-8-22-19(20-2)23(3)13-16-6-7-17-18(12-16)26-14-25-17/h6-7,9,11-12H,4-5,8,10,13-14H2,1-3H3,(H,20,22). The summed E-state index contributed by atoms with van der Waals surface area (Å²) in [6.07, 6.45) is 6.06. The normalized spacial score (nSPS) is 13.1. The quantitative estimate of drug-likeness (QED) is 0.468. The monoisotopic (exact) mass is 357 g/mol. The lowest BCUT2D eigenvalue weighted by Crippen LogP contribution is -2.38. The molecule has 7 heteroatoms. The molecule has 1 aliphatic rings. The van der Waals surface area contributed by atoms with Crippen molar-refractivity contribution in [2.24, 2.45) is 4.99 Å². The SMILES string of the molecule is CN=C(NCCCCn1ccnc1C)N(C)Cc1ccc2c(c1)OCO2. The van der Waals surface area contributed by atoms with Crippen LogP contribution in [0.2, 0.25) is 0 Å². The zero-order valence-corrected chi connectivity index (χ0v) is 15.7. The van der Waals surface area contributed by atoms with Gasteiger partial charge in [-0.05, 0) is 37.5 Å². The van der Waals surface area contributed by atoms with Crippen molar-refractivity contribution < 1.29 is 9.47 Å². The second kappa shape index (κ2) is 8.60. The number of guanidine groups is 1. The first-order valence-electron chi connectivity index (χ1n) is 8.95. The summed E-state index contributed by atoms with van der Waals surface area (Å²) >= 11 is 0. The van der Waals surface area contributed by atoms with Crippen LogP contribution in [0.5, 0.6) is 11.5 Å². The molecular weight excluding hydrogens is 330 g/mol. The maximum atomic E-state index is 5.45. The molecule has 0 aliphatic carbocycles. The predicted octanol–water partition coefficient (Wildman–Crippen LogP) is 2.41. The van der Waals surface area contributed by atoms with Crippen molar-refractivity contribution in [2.45, 2.75) is 32.9 Å². The molecule has 0 amide bonds. The van der Waals surface area contributed by atoms with Crippen LogP contribution in [-0.2, 0) is 13.1 Å². The molecule has 0 bridgehead atoms. The number of aromatic nitrogens is 2. The Hall–Kier alpha value is -2.70. The molecule has 0 saturated carbocycles. The molecule has 1 aliphatic heterocycles. The number of fused-ring (bicyclic) bond motifs is 1. The van der Waals surface area contributed by atoms with E-state index in [4.69, 9.17) is 9.47 Å². The van der Waals surface area contributed by atoms with Gasteiger partial charge in [0.05, 0.1) is 0 Å². The Balaban J connectivity index is 1.42. The van der Waals surface area contributed by atoms with E-state index >= 15 is 0 Å². The number of nitrogens with one attached hydrogen (secondary N) is 1. The molecule has 26 heavy (non-hydrogen) atoms. The van der Waals surface area contributed by atoms with E-state index in [1.165, 1.54) is 0 Å². The molecule has 0 fully saturated rings. The number of imidazole rings is 1. The van der Waals surface area contributed by atoms with Gasteiger partial charge in [0.25, 0.3) is 0 Å². The highest BCUT2D eigenvalue weighted by atomic mass is 16.7. The van der Waals surface area contributed by atoms with Gasteiger partial charge in [0.15, 0.2) is 17.5 Å². The molecule has 0 saturated heterocycles. The summed E-state index contributed by atoms with van der Waals surface area (Å²) in [6.45, 7) is 4.98. The van der Waals surface area contributed by atoms with E-state index in [-0.39, 0.29) is 0 Å². The second-order valence-electron chi connectivity index (χ2n) is 6.39. The van der Waals surface area contributed by atoms with Crippen LogP contribution in [0.15, 0.2) is 35.6 Å². The van der Waals surface area contributed by atoms with Crippen LogP contribution in [0.3, 0.4) is 0 Å². The molecule has 2 aromatic rings. The molecule has 7 nitrogen and oxygen atoms in total. The van der Waals surface area contributed by atoms with E-state index < -0.39 is 0 Å². The first kappa shape index (κ1) is 18.1. The fraction of sp³-hybridized carbons (Fsp3) is 0.474. The smallest absolute Gasteiger partial charge is 0.231 e. The fourth-order valence-corrected chi connectivity index (χ4v) is 3.02. The molecule has 0 atom stereocenters. The number of rotatable bonds is 7. The van der Waals surface area contributed by atoms with E-state index in [9.17, 15) is 0 Å². The van der Waals surface area contributed by atoms with E-state index in [1.807, 2.05) is 45.5 Å². The molecule has 0 radical (unpaired) electrons. The van der Waals surface area contributed by atoms with Gasteiger partial charge in [0.2, 0.25) is 6.79 Å². The zero-order valence-electron chi connectivity index (χ0n) is 15.7. The molecule has 0 unspecified atom stereocenters. The van der Waals surface area contributed by atoms with Gasteiger partial charge in [0, 0.05) is 46.1 Å². The Morgan fingerprint density at radius 2 is 2.15 bits per heavy atom. The van der Waals surface area contributed by atoms with Crippen molar-refractivity contribution in [3.05, 3.63) is 42.0 Å². The molecule has 2 heterocycles. The Labute approximate surface area is 154 Å². The topological polar surface area (TPSA) is 63.9 Å². The number of nitrogens with zero attached hydrogens (tertiary/aromatic N) is 4. The number of aliphatic imine (C=N–C) groups is 1. The number of ether oxygens (including phenoxy) is 2. The van der Waals surface area contributed by atoms with E-state index in [0.717, 1.165) is 61.3 Å². The first-order chi connectivity index (χ1) is 12.7. The summed E-state index contributed by atoms with van der Waals surface area (Å²) in [5.74, 6) is 3.58. The minimum Gasteiger partial charge on any atom is -0.454 e. The molecule has 0 spiro atoms. The Bertz CT molecular complexity index is 756. The molecule has 1 aromatic carbocycles. The summed E-state index contributed by atoms with van der Waals surface area (Å²) < 4.78 is 13.0. The lowest BCUT2D eigenvalue weighted by Gasteiger charge is -2.22. The highest BCUT2D eigenvalue weighted by Gasteiger charge is 2.14. The first-order valence-corrected chi connectivity index (χ1v) is 8.95. The third-order valence-corrected chi connectivity index (χ3v) is 4.46. The molecular formula is C19H27N5O2. The molecule has 3 rings (SSSR count). The average Bonchev–Trinajstić information content (AvgIpc) is 3.26. The third kappa shape index (κ3) is 4.47. The van der Waals surface area contributed by atoms with Gasteiger partial charge in [-0.2, -0.15) is 0 Å². The van der Waals surface area contributed by atoms with Crippen molar-refractivity contribution in [1.29, 1.82) is 0 Å². The van der Waals surface area contributed by atoms with Gasteiger partial charge < -0.3 is 24.3 Å². The maximum absolute atomic E-state index is 5.45. The summed E-state index contributed by atoms with van der Waals surface area (Å²) in [7, 11) is 3.85. The van der Waals surface area contributed by atoms with Crippen molar-refractivity contribution >= 4 is 5.96 Å². The van der Waals surface area contributed by atoms with Gasteiger partial charge >= 0.3 is 0 Å². The summed E-state index contributed by atoms with van der Waals surface area (Å²) in [5, 5.41) is 3.43. The summed E-state index contributed by atoms with van der Waals surface area (Å²) in [6, 6.07) is 6.05. The minimum absolute atomic E-state index is 0.302. The Morgan fingerprint density at radius 1 is 1.31 bits per heavy atom. The average molecular weight is 357 g/mol. The highest BCUT2D eigenvalue weighted by molar-refractivity contribution is 5.79. The van der Waals surface area contributed by atoms with Crippen LogP contribution in [0.4, 0.5) is 0 Å². The van der Waals surface area contributed by atoms with Crippen LogP contribution in [-0.4, -0.2) is 47.8 Å². The number of unbranched alkanes of at least 4 members (excludes halogenated alkanes) is 1. The van der Waals surface area contributed by atoms with Crippen LogP contribution in [0.25, 0.3) is 0 Å². The number of hydrogen-bond acceptors (Lipinski definition) is 4. The van der Waals surface area contributed by atoms with Crippen molar-refractivity contribution in [3.63, 3.8) is 0 Å². The summed E-state index contributed by atoms with van der Waals surface area (Å²) in [5.41, 5.74) is 1.16. The van der Waals surface area contributed by atoms with Crippen molar-refractivity contribution in [1.82, 2.24) is 19.8 Å². The Kier molecular flexibility index (Phi) is 5.99. The van der Waals surface area contributed by atoms with Gasteiger partial charge in [0.1, 0.15) is 5.82 Å². The largest absolute Gasteiger partial charge is 0.454 e. The van der Waals surface area contributed by atoms with Crippen molar-refractivity contribution in [3.8, 4) is 11.5 Å². The molecule has 1 aromatic heterocycles. The van der Waals surface area contributed by atoms with Gasteiger partial charge in [-0.1, -0.05) is 6.07 Å². The zero-order chi connectivity index (χ0) is 18.4. The van der Waals surface area contributed by atoms with E-state index in [2.05, 4.69) is 30.8 Å². The van der Waals surface area contributed by atoms with Crippen LogP contribution >= 0.6 is 0 Å². The predicted molar refractivity (Wildman–Crippen MR) is 102 cm³/mol. The Morgan fingerprint density at radius 3 is 2.92 bits per heavy atom. The van der Waals surface area contributed by atoms with Gasteiger partial charge in [-0.15, -0.1) is 0 Å². The van der Waals surface area contributed by atoms with E-state index in [0.29, 0.717) is 6.79 Å². The van der Waals surface area contributed by atoms with Crippen LogP contribution in [0.1, 0.15) is 24.2 Å². The van der Waals surface area contributed by atoms with Crippen LogP contribution in [0, 0.1) is 6.92 Å². The van der Waals surface area contributed by atoms with E-state index in [1.54, 1.807) is 0 Å². The lowest BCUT2D eigenvalue weighted by atomic mass is 10.2. The second-order valence-corrected chi connectivity index (χ2v) is 6.39. The molecule has 140 valence electrons. The summed E-state index contributed by atoms with van der Waals surface area (Å²) in [4.78, 5) is 10.7. The van der Waals surface area contributed by atoms with Crippen LogP contribution < -0.4 is 14.8 Å². The minimum atomic E-state index is 0.302. The fourth-order valence-electron chi connectivity index (χ4n) is 3.02.